The smallest absolute Gasteiger partial charge is 0.347 e. The van der Waals surface area contributed by atoms with Crippen LogP contribution < -0.4 is 11.2 Å². The van der Waals surface area contributed by atoms with Gasteiger partial charge < -0.3 is 14.6 Å². The maximum atomic E-state index is 11.4. The number of rotatable bonds is 2. The molecular weight excluding hydrogens is 218 g/mol. The van der Waals surface area contributed by atoms with Crippen molar-refractivity contribution in [2.24, 2.45) is 0 Å². The van der Waals surface area contributed by atoms with Gasteiger partial charge >= 0.3 is 5.69 Å². The molecule has 2 atom stereocenters. The normalized spacial score (nSPS) is 24.9. The van der Waals surface area contributed by atoms with Gasteiger partial charge in [-0.3, -0.25) is 9.78 Å². The highest BCUT2D eigenvalue weighted by molar-refractivity contribution is 4.88. The van der Waals surface area contributed by atoms with Crippen molar-refractivity contribution in [1.29, 1.82) is 0 Å². The molecule has 2 rings (SSSR count). The maximum Gasteiger partial charge on any atom is 0.347 e. The van der Waals surface area contributed by atoms with Gasteiger partial charge in [-0.25, -0.2) is 4.79 Å². The third kappa shape index (κ3) is 1.90. The van der Waals surface area contributed by atoms with Gasteiger partial charge in [0.1, 0.15) is 5.69 Å². The molecule has 0 spiro atoms. The SMILES string of the molecule is Cc1nn([C@H]2CO[C@@H](CO)O2)c(=O)[nH]c1=O. The predicted octanol–water partition coefficient (Wildman–Crippen LogP) is -1.90. The zero-order chi connectivity index (χ0) is 11.7. The lowest BCUT2D eigenvalue weighted by Crippen LogP contribution is -2.37. The topological polar surface area (TPSA) is 106 Å². The molecule has 2 N–H and O–H groups in total. The molecule has 0 unspecified atom stereocenters. The zero-order valence-electron chi connectivity index (χ0n) is 8.54. The number of aromatic amines is 1. The van der Waals surface area contributed by atoms with E-state index in [-0.39, 0.29) is 18.9 Å². The summed E-state index contributed by atoms with van der Waals surface area (Å²) in [5.74, 6) is 0. The van der Waals surface area contributed by atoms with Crippen LogP contribution in [0.5, 0.6) is 0 Å². The molecular formula is C8H11N3O5. The molecule has 0 radical (unpaired) electrons. The number of aryl methyl sites for hydroxylation is 1. The van der Waals surface area contributed by atoms with Crippen molar-refractivity contribution >= 4 is 0 Å². The number of nitrogens with zero attached hydrogens (tertiary/aromatic N) is 2. The number of hydrogen-bond donors (Lipinski definition) is 2. The lowest BCUT2D eigenvalue weighted by Gasteiger charge is -2.10. The standard InChI is InChI=1S/C8H11N3O5/c1-4-7(13)9-8(14)11(10-4)5-3-15-6(2-12)16-5/h5-6,12H,2-3H2,1H3,(H,9,13,14)/t5-,6-/m1/s1. The van der Waals surface area contributed by atoms with Gasteiger partial charge in [-0.05, 0) is 6.92 Å². The number of nitrogens with one attached hydrogen (secondary N) is 1. The number of aromatic nitrogens is 3. The first-order valence-electron chi connectivity index (χ1n) is 4.69. The Hall–Kier alpha value is -1.51. The molecule has 8 nitrogen and oxygen atoms in total. The van der Waals surface area contributed by atoms with Gasteiger partial charge in [0.05, 0.1) is 13.2 Å². The molecule has 0 aliphatic carbocycles. The van der Waals surface area contributed by atoms with Crippen molar-refractivity contribution in [3.05, 3.63) is 26.5 Å². The summed E-state index contributed by atoms with van der Waals surface area (Å²) < 4.78 is 11.2. The van der Waals surface area contributed by atoms with Crippen LogP contribution >= 0.6 is 0 Å². The summed E-state index contributed by atoms with van der Waals surface area (Å²) in [6.45, 7) is 1.28. The van der Waals surface area contributed by atoms with E-state index in [4.69, 9.17) is 14.6 Å². The summed E-state index contributed by atoms with van der Waals surface area (Å²) in [6, 6.07) is 0. The average molecular weight is 229 g/mol. The van der Waals surface area contributed by atoms with E-state index in [2.05, 4.69) is 10.1 Å². The quantitative estimate of drug-likeness (QED) is 0.613. The molecule has 1 aromatic rings. The first kappa shape index (κ1) is 11.0. The number of aliphatic hydroxyl groups is 1. The Labute approximate surface area is 89.4 Å². The second-order valence-electron chi connectivity index (χ2n) is 3.33. The first-order chi connectivity index (χ1) is 7.61. The minimum atomic E-state index is -0.758. The number of aliphatic hydroxyl groups excluding tert-OH is 1. The molecule has 1 aliphatic heterocycles. The number of ether oxygens (including phenoxy) is 2. The van der Waals surface area contributed by atoms with Crippen LogP contribution in [0.25, 0.3) is 0 Å². The lowest BCUT2D eigenvalue weighted by atomic mass is 10.5. The summed E-state index contributed by atoms with van der Waals surface area (Å²) in [5.41, 5.74) is -1.03. The molecule has 88 valence electrons. The Morgan fingerprint density at radius 3 is 3.00 bits per heavy atom. The van der Waals surface area contributed by atoms with Crippen LogP contribution in [0.1, 0.15) is 11.9 Å². The molecule has 1 aliphatic rings. The summed E-state index contributed by atoms with van der Waals surface area (Å²) in [7, 11) is 0. The van der Waals surface area contributed by atoms with Gasteiger partial charge in [-0.1, -0.05) is 0 Å². The minimum Gasteiger partial charge on any atom is -0.391 e. The Balaban J connectivity index is 2.32. The predicted molar refractivity (Wildman–Crippen MR) is 50.8 cm³/mol. The van der Waals surface area contributed by atoms with E-state index in [1.54, 1.807) is 0 Å². The van der Waals surface area contributed by atoms with Crippen LogP contribution in [0.15, 0.2) is 9.59 Å². The van der Waals surface area contributed by atoms with Gasteiger partial charge in [-0.15, -0.1) is 0 Å². The number of hydrogen-bond acceptors (Lipinski definition) is 6. The van der Waals surface area contributed by atoms with Crippen LogP contribution in [-0.4, -0.2) is 39.4 Å². The van der Waals surface area contributed by atoms with Gasteiger partial charge in [0, 0.05) is 0 Å². The summed E-state index contributed by atoms with van der Waals surface area (Å²) in [6.07, 6.45) is -1.48. The molecule has 8 heteroatoms. The zero-order valence-corrected chi connectivity index (χ0v) is 8.54. The average Bonchev–Trinajstić information content (AvgIpc) is 2.71. The second-order valence-corrected chi connectivity index (χ2v) is 3.33. The van der Waals surface area contributed by atoms with E-state index in [1.807, 2.05) is 0 Å². The van der Waals surface area contributed by atoms with Crippen molar-refractivity contribution < 1.29 is 14.6 Å². The minimum absolute atomic E-state index is 0.101. The largest absolute Gasteiger partial charge is 0.391 e. The Morgan fingerprint density at radius 1 is 1.62 bits per heavy atom. The number of H-pyrrole nitrogens is 1. The third-order valence-corrected chi connectivity index (χ3v) is 2.17. The monoisotopic (exact) mass is 229 g/mol. The summed E-state index contributed by atoms with van der Waals surface area (Å²) >= 11 is 0. The fourth-order valence-corrected chi connectivity index (χ4v) is 1.36. The van der Waals surface area contributed by atoms with Crippen molar-refractivity contribution in [2.45, 2.75) is 19.4 Å². The van der Waals surface area contributed by atoms with E-state index >= 15 is 0 Å². The van der Waals surface area contributed by atoms with Crippen LogP contribution in [0.3, 0.4) is 0 Å². The lowest BCUT2D eigenvalue weighted by molar-refractivity contribution is -0.101. The molecule has 2 heterocycles. The van der Waals surface area contributed by atoms with Crippen molar-refractivity contribution in [3.8, 4) is 0 Å². The molecule has 1 aromatic heterocycles. The Morgan fingerprint density at radius 2 is 2.38 bits per heavy atom. The van der Waals surface area contributed by atoms with E-state index in [9.17, 15) is 9.59 Å². The molecule has 0 amide bonds. The van der Waals surface area contributed by atoms with Gasteiger partial charge in [0.15, 0.2) is 12.5 Å². The van der Waals surface area contributed by atoms with Gasteiger partial charge in [0.2, 0.25) is 0 Å². The van der Waals surface area contributed by atoms with Crippen molar-refractivity contribution in [1.82, 2.24) is 14.8 Å². The summed E-state index contributed by atoms with van der Waals surface area (Å²) in [4.78, 5) is 24.6. The fourth-order valence-electron chi connectivity index (χ4n) is 1.36. The first-order valence-corrected chi connectivity index (χ1v) is 4.69. The van der Waals surface area contributed by atoms with Crippen molar-refractivity contribution in [3.63, 3.8) is 0 Å². The van der Waals surface area contributed by atoms with E-state index < -0.39 is 23.8 Å². The molecule has 16 heavy (non-hydrogen) atoms. The molecule has 0 saturated carbocycles. The van der Waals surface area contributed by atoms with E-state index in [0.717, 1.165) is 4.68 Å². The molecule has 0 bridgehead atoms. The maximum absolute atomic E-state index is 11.4. The van der Waals surface area contributed by atoms with Gasteiger partial charge in [0.25, 0.3) is 5.56 Å². The Kier molecular flexibility index (Phi) is 2.86. The highest BCUT2D eigenvalue weighted by atomic mass is 16.7. The highest BCUT2D eigenvalue weighted by Crippen LogP contribution is 2.17. The van der Waals surface area contributed by atoms with Crippen molar-refractivity contribution in [2.75, 3.05) is 13.2 Å². The molecule has 1 fully saturated rings. The van der Waals surface area contributed by atoms with Crippen LogP contribution in [-0.2, 0) is 9.47 Å². The van der Waals surface area contributed by atoms with Crippen LogP contribution in [0.2, 0.25) is 0 Å². The highest BCUT2D eigenvalue weighted by Gasteiger charge is 2.28. The molecule has 0 aromatic carbocycles. The van der Waals surface area contributed by atoms with Gasteiger partial charge in [-0.2, -0.15) is 9.78 Å². The van der Waals surface area contributed by atoms with Crippen LogP contribution in [0.4, 0.5) is 0 Å². The second kappa shape index (κ2) is 4.16. The fraction of sp³-hybridized carbons (Fsp3) is 0.625. The van der Waals surface area contributed by atoms with E-state index in [1.165, 1.54) is 6.92 Å². The van der Waals surface area contributed by atoms with E-state index in [0.29, 0.717) is 0 Å². The van der Waals surface area contributed by atoms with Crippen LogP contribution in [0, 0.1) is 6.92 Å². The summed E-state index contributed by atoms with van der Waals surface area (Å²) in [5, 5.41) is 12.6. The third-order valence-electron chi connectivity index (χ3n) is 2.17. The molecule has 1 saturated heterocycles. The Bertz CT molecular complexity index is 493.